The minimum Gasteiger partial charge on any atom is -0.504 e. The maximum Gasteiger partial charge on any atom is 0.160 e. The molecule has 0 aliphatic carbocycles. The third kappa shape index (κ3) is 4.74. The molecule has 3 N–H and O–H groups in total. The van der Waals surface area contributed by atoms with Crippen molar-refractivity contribution in [1.82, 2.24) is 4.98 Å². The Hall–Kier alpha value is -3.85. The molecule has 1 fully saturated rings. The van der Waals surface area contributed by atoms with E-state index >= 15 is 0 Å². The maximum atomic E-state index is 14.4. The molecule has 0 spiro atoms. The van der Waals surface area contributed by atoms with Crippen LogP contribution in [-0.4, -0.2) is 36.3 Å². The smallest absolute Gasteiger partial charge is 0.160 e. The normalized spacial score (nSPS) is 13.5. The quantitative estimate of drug-likeness (QED) is 0.570. The Balaban J connectivity index is 0.00000324. The molecule has 34 heavy (non-hydrogen) atoms. The number of pyridine rings is 1. The van der Waals surface area contributed by atoms with Crippen LogP contribution >= 0.6 is 12.4 Å². The highest BCUT2D eigenvalue weighted by molar-refractivity contribution is 5.85. The summed E-state index contributed by atoms with van der Waals surface area (Å²) in [4.78, 5) is 6.86. The number of piperidine rings is 1. The monoisotopic (exact) mass is 479 g/mol. The molecule has 0 saturated carbocycles. The molecule has 174 valence electrons. The number of phenols is 1. The zero-order valence-corrected chi connectivity index (χ0v) is 19.3. The first-order valence-electron chi connectivity index (χ1n) is 10.5. The average Bonchev–Trinajstić information content (AvgIpc) is 2.83. The van der Waals surface area contributed by atoms with Crippen LogP contribution in [0.3, 0.4) is 0 Å². The van der Waals surface area contributed by atoms with E-state index in [9.17, 15) is 14.8 Å². The van der Waals surface area contributed by atoms with Gasteiger partial charge in [0.1, 0.15) is 23.8 Å². The van der Waals surface area contributed by atoms with Gasteiger partial charge in [-0.2, -0.15) is 10.5 Å². The molecule has 1 aromatic heterocycles. The fourth-order valence-corrected chi connectivity index (χ4v) is 3.99. The molecule has 0 amide bonds. The molecule has 0 atom stereocenters. The number of ether oxygens (including phenoxy) is 1. The van der Waals surface area contributed by atoms with Gasteiger partial charge in [-0.05, 0) is 54.8 Å². The van der Waals surface area contributed by atoms with E-state index in [1.807, 2.05) is 11.0 Å². The summed E-state index contributed by atoms with van der Waals surface area (Å²) in [6.07, 6.45) is 1.57. The van der Waals surface area contributed by atoms with Crippen LogP contribution < -0.4 is 15.4 Å². The van der Waals surface area contributed by atoms with Gasteiger partial charge in [-0.25, -0.2) is 9.37 Å². The Kier molecular flexibility index (Phi) is 7.57. The van der Waals surface area contributed by atoms with E-state index < -0.39 is 5.82 Å². The average molecular weight is 480 g/mol. The molecule has 2 aromatic carbocycles. The van der Waals surface area contributed by atoms with Crippen molar-refractivity contribution in [2.45, 2.75) is 18.9 Å². The van der Waals surface area contributed by atoms with E-state index in [1.54, 1.807) is 24.3 Å². The number of nitrogens with two attached hydrogens (primary N) is 1. The molecule has 2 heterocycles. The van der Waals surface area contributed by atoms with E-state index in [0.717, 1.165) is 12.8 Å². The number of nitrogens with zero attached hydrogens (tertiary/aromatic N) is 4. The van der Waals surface area contributed by atoms with Crippen LogP contribution in [0, 0.1) is 28.5 Å². The maximum absolute atomic E-state index is 14.4. The predicted octanol–water partition coefficient (Wildman–Crippen LogP) is 4.36. The van der Waals surface area contributed by atoms with Crippen molar-refractivity contribution >= 4 is 18.2 Å². The lowest BCUT2D eigenvalue weighted by Gasteiger charge is -2.32. The second-order valence-electron chi connectivity index (χ2n) is 7.89. The highest BCUT2D eigenvalue weighted by Gasteiger charge is 2.23. The number of aromatic hydroxyl groups is 1. The first-order chi connectivity index (χ1) is 15.9. The highest BCUT2D eigenvalue weighted by Crippen LogP contribution is 2.39. The van der Waals surface area contributed by atoms with Crippen molar-refractivity contribution in [3.63, 3.8) is 0 Å². The lowest BCUT2D eigenvalue weighted by molar-refractivity contribution is 0.373. The van der Waals surface area contributed by atoms with Crippen molar-refractivity contribution < 1.29 is 14.2 Å². The number of halogens is 2. The summed E-state index contributed by atoms with van der Waals surface area (Å²) in [7, 11) is 1.46. The number of benzene rings is 2. The number of hydrogen-bond acceptors (Lipinski definition) is 7. The summed E-state index contributed by atoms with van der Waals surface area (Å²) in [5, 5.41) is 29.3. The summed E-state index contributed by atoms with van der Waals surface area (Å²) in [6, 6.07) is 15.0. The molecule has 0 radical (unpaired) electrons. The van der Waals surface area contributed by atoms with Gasteiger partial charge in [0.15, 0.2) is 11.5 Å². The summed E-state index contributed by atoms with van der Waals surface area (Å²) < 4.78 is 19.6. The molecule has 9 heteroatoms. The van der Waals surface area contributed by atoms with E-state index in [0.29, 0.717) is 52.6 Å². The second-order valence-corrected chi connectivity index (χ2v) is 7.89. The molecule has 3 aromatic rings. The topological polar surface area (TPSA) is 119 Å². The first kappa shape index (κ1) is 24.8. The van der Waals surface area contributed by atoms with Gasteiger partial charge in [0.25, 0.3) is 0 Å². The van der Waals surface area contributed by atoms with Crippen LogP contribution in [0.1, 0.15) is 24.0 Å². The van der Waals surface area contributed by atoms with Crippen molar-refractivity contribution in [3.05, 3.63) is 59.4 Å². The Morgan fingerprint density at radius 2 is 1.74 bits per heavy atom. The van der Waals surface area contributed by atoms with Gasteiger partial charge in [-0.3, -0.25) is 0 Å². The van der Waals surface area contributed by atoms with Crippen molar-refractivity contribution in [2.24, 2.45) is 5.73 Å². The number of hydrogen-bond donors (Lipinski definition) is 2. The van der Waals surface area contributed by atoms with Crippen LogP contribution in [0.2, 0.25) is 0 Å². The minimum atomic E-state index is -0.661. The number of anilines is 1. The molecular formula is C25H23ClFN5O2. The fraction of sp³-hybridized carbons (Fsp3) is 0.240. The third-order valence-corrected chi connectivity index (χ3v) is 5.81. The second kappa shape index (κ2) is 10.4. The molecular weight excluding hydrogens is 457 g/mol. The number of aromatic nitrogens is 1. The molecule has 1 aliphatic rings. The van der Waals surface area contributed by atoms with Crippen LogP contribution in [-0.2, 0) is 0 Å². The Morgan fingerprint density at radius 1 is 1.06 bits per heavy atom. The number of rotatable bonds is 4. The zero-order valence-electron chi connectivity index (χ0n) is 18.5. The Bertz CT molecular complexity index is 1290. The van der Waals surface area contributed by atoms with Gasteiger partial charge < -0.3 is 20.5 Å². The number of nitriles is 2. The standard InChI is InChI=1S/C25H22FN5O2.ClH/c1-33-23-5-4-16(12-22(23)32)24-20(15-2-3-17(13-27)21(26)11-15)10-18(14-28)25(30-24)31-8-6-19(29)7-9-31;/h2-5,10-12,19,32H,6-9,29H2,1H3;1H. The Labute approximate surface area is 203 Å². The Morgan fingerprint density at radius 3 is 2.32 bits per heavy atom. The van der Waals surface area contributed by atoms with Crippen LogP contribution in [0.5, 0.6) is 11.5 Å². The van der Waals surface area contributed by atoms with Gasteiger partial charge in [-0.1, -0.05) is 6.07 Å². The summed E-state index contributed by atoms with van der Waals surface area (Å²) in [5.41, 5.74) is 8.35. The van der Waals surface area contributed by atoms with Crippen LogP contribution in [0.15, 0.2) is 42.5 Å². The molecule has 0 bridgehead atoms. The van der Waals surface area contributed by atoms with Gasteiger partial charge in [0, 0.05) is 30.3 Å². The zero-order chi connectivity index (χ0) is 23.5. The van der Waals surface area contributed by atoms with E-state index in [2.05, 4.69) is 6.07 Å². The molecule has 1 aliphatic heterocycles. The van der Waals surface area contributed by atoms with E-state index in [4.69, 9.17) is 20.7 Å². The highest BCUT2D eigenvalue weighted by atomic mass is 35.5. The number of phenolic OH excluding ortho intramolecular Hbond substituents is 1. The minimum absolute atomic E-state index is 0. The van der Waals surface area contributed by atoms with Gasteiger partial charge in [0.2, 0.25) is 0 Å². The predicted molar refractivity (Wildman–Crippen MR) is 129 cm³/mol. The lowest BCUT2D eigenvalue weighted by Crippen LogP contribution is -2.40. The van der Waals surface area contributed by atoms with Crippen LogP contribution in [0.25, 0.3) is 22.4 Å². The largest absolute Gasteiger partial charge is 0.504 e. The van der Waals surface area contributed by atoms with Crippen molar-refractivity contribution in [2.75, 3.05) is 25.1 Å². The van der Waals surface area contributed by atoms with Crippen molar-refractivity contribution in [1.29, 1.82) is 10.5 Å². The van der Waals surface area contributed by atoms with Gasteiger partial charge >= 0.3 is 0 Å². The van der Waals surface area contributed by atoms with Crippen LogP contribution in [0.4, 0.5) is 10.2 Å². The molecule has 7 nitrogen and oxygen atoms in total. The fourth-order valence-electron chi connectivity index (χ4n) is 3.99. The van der Waals surface area contributed by atoms with Crippen molar-refractivity contribution in [3.8, 4) is 46.0 Å². The van der Waals surface area contributed by atoms with Gasteiger partial charge in [-0.15, -0.1) is 12.4 Å². The SMILES string of the molecule is COc1ccc(-c2nc(N3CCC(N)CC3)c(C#N)cc2-c2ccc(C#N)c(F)c2)cc1O.Cl. The number of methoxy groups -OCH3 is 1. The summed E-state index contributed by atoms with van der Waals surface area (Å²) in [6.45, 7) is 1.34. The first-order valence-corrected chi connectivity index (χ1v) is 10.5. The summed E-state index contributed by atoms with van der Waals surface area (Å²) >= 11 is 0. The van der Waals surface area contributed by atoms with Gasteiger partial charge in [0.05, 0.1) is 23.9 Å². The molecule has 1 saturated heterocycles. The summed E-state index contributed by atoms with van der Waals surface area (Å²) in [5.74, 6) is 0.103. The van der Waals surface area contributed by atoms with E-state index in [-0.39, 0.29) is 29.8 Å². The lowest BCUT2D eigenvalue weighted by atomic mass is 9.96. The molecule has 4 rings (SSSR count). The third-order valence-electron chi connectivity index (χ3n) is 5.81. The van der Waals surface area contributed by atoms with E-state index in [1.165, 1.54) is 25.3 Å². The molecule has 0 unspecified atom stereocenters.